The highest BCUT2D eigenvalue weighted by molar-refractivity contribution is 7.80. The second kappa shape index (κ2) is 5.52. The van der Waals surface area contributed by atoms with E-state index < -0.39 is 0 Å². The number of imidazole rings is 1. The Labute approximate surface area is 126 Å². The molecule has 0 aliphatic rings. The molecule has 100 valence electrons. The normalized spacial score (nSPS) is 10.6. The predicted octanol–water partition coefficient (Wildman–Crippen LogP) is 3.02. The third-order valence-electron chi connectivity index (χ3n) is 2.96. The highest BCUT2D eigenvalue weighted by Crippen LogP contribution is 2.13. The van der Waals surface area contributed by atoms with E-state index in [0.29, 0.717) is 16.4 Å². The third-order valence-corrected chi connectivity index (χ3v) is 3.57. The molecule has 2 N–H and O–H groups in total. The third kappa shape index (κ3) is 2.48. The fourth-order valence-electron chi connectivity index (χ4n) is 2.02. The van der Waals surface area contributed by atoms with Crippen molar-refractivity contribution in [2.24, 2.45) is 0 Å². The van der Waals surface area contributed by atoms with Gasteiger partial charge in [0.15, 0.2) is 9.88 Å². The molecule has 0 atom stereocenters. The Morgan fingerprint density at radius 1 is 1.25 bits per heavy atom. The first-order valence-electron chi connectivity index (χ1n) is 6.12. The molecule has 1 aromatic carbocycles. The molecule has 3 aromatic rings. The van der Waals surface area contributed by atoms with E-state index in [-0.39, 0.29) is 0 Å². The van der Waals surface area contributed by atoms with Crippen LogP contribution in [0, 0.1) is 4.77 Å². The zero-order valence-corrected chi connectivity index (χ0v) is 12.2. The summed E-state index contributed by atoms with van der Waals surface area (Å²) in [5.41, 5.74) is 3.02. The minimum absolute atomic E-state index is 0.580. The molecule has 3 rings (SSSR count). The van der Waals surface area contributed by atoms with Crippen LogP contribution in [0.15, 0.2) is 48.8 Å². The van der Waals surface area contributed by atoms with Crippen LogP contribution in [0.4, 0.5) is 0 Å². The predicted molar refractivity (Wildman–Crippen MR) is 86.2 cm³/mol. The number of pyridine rings is 1. The SMILES string of the molecule is S=C(NCc1cccnc1)n1c(=S)[nH]c2ccccc21. The summed E-state index contributed by atoms with van der Waals surface area (Å²) in [6, 6.07) is 11.8. The van der Waals surface area contributed by atoms with Crippen LogP contribution in [0.3, 0.4) is 0 Å². The van der Waals surface area contributed by atoms with Crippen molar-refractivity contribution in [2.45, 2.75) is 6.54 Å². The second-order valence-electron chi connectivity index (χ2n) is 4.30. The Balaban J connectivity index is 1.86. The van der Waals surface area contributed by atoms with Crippen LogP contribution in [-0.2, 0) is 6.54 Å². The first-order chi connectivity index (χ1) is 9.75. The van der Waals surface area contributed by atoms with Gasteiger partial charge in [-0.15, -0.1) is 0 Å². The molecule has 4 nitrogen and oxygen atoms in total. The van der Waals surface area contributed by atoms with Gasteiger partial charge in [0, 0.05) is 18.9 Å². The van der Waals surface area contributed by atoms with Crippen molar-refractivity contribution < 1.29 is 0 Å². The van der Waals surface area contributed by atoms with E-state index >= 15 is 0 Å². The molecule has 0 amide bonds. The topological polar surface area (TPSA) is 45.6 Å². The summed E-state index contributed by atoms with van der Waals surface area (Å²) in [4.78, 5) is 7.22. The first kappa shape index (κ1) is 13.0. The van der Waals surface area contributed by atoms with Crippen LogP contribution in [0.1, 0.15) is 5.56 Å². The number of thiocarbonyl (C=S) groups is 1. The van der Waals surface area contributed by atoms with E-state index in [1.807, 2.05) is 47.2 Å². The van der Waals surface area contributed by atoms with E-state index in [9.17, 15) is 0 Å². The Bertz CT molecular complexity index is 805. The number of rotatable bonds is 2. The van der Waals surface area contributed by atoms with Crippen molar-refractivity contribution in [1.29, 1.82) is 0 Å². The summed E-state index contributed by atoms with van der Waals surface area (Å²) in [6.07, 6.45) is 3.56. The fourth-order valence-corrected chi connectivity index (χ4v) is 2.64. The summed E-state index contributed by atoms with van der Waals surface area (Å²) in [7, 11) is 0. The Morgan fingerprint density at radius 2 is 2.10 bits per heavy atom. The van der Waals surface area contributed by atoms with Crippen molar-refractivity contribution in [1.82, 2.24) is 19.9 Å². The van der Waals surface area contributed by atoms with Crippen molar-refractivity contribution in [2.75, 3.05) is 0 Å². The van der Waals surface area contributed by atoms with Gasteiger partial charge in [0.25, 0.3) is 0 Å². The van der Waals surface area contributed by atoms with E-state index in [1.165, 1.54) is 0 Å². The number of benzene rings is 1. The smallest absolute Gasteiger partial charge is 0.184 e. The summed E-state index contributed by atoms with van der Waals surface area (Å²) in [6.45, 7) is 0.619. The van der Waals surface area contributed by atoms with Crippen LogP contribution in [0.2, 0.25) is 0 Å². The maximum atomic E-state index is 5.43. The number of nitrogens with zero attached hydrogens (tertiary/aromatic N) is 2. The molecule has 0 unspecified atom stereocenters. The van der Waals surface area contributed by atoms with Gasteiger partial charge in [-0.3, -0.25) is 9.55 Å². The van der Waals surface area contributed by atoms with Gasteiger partial charge in [-0.1, -0.05) is 18.2 Å². The average Bonchev–Trinajstić information content (AvgIpc) is 2.82. The van der Waals surface area contributed by atoms with Crippen LogP contribution < -0.4 is 5.32 Å². The quantitative estimate of drug-likeness (QED) is 0.714. The highest BCUT2D eigenvalue weighted by atomic mass is 32.1. The van der Waals surface area contributed by atoms with Gasteiger partial charge in [0.05, 0.1) is 11.0 Å². The fraction of sp³-hybridized carbons (Fsp3) is 0.0714. The lowest BCUT2D eigenvalue weighted by Gasteiger charge is -2.09. The minimum Gasteiger partial charge on any atom is -0.358 e. The molecule has 0 spiro atoms. The first-order valence-corrected chi connectivity index (χ1v) is 6.94. The molecular formula is C14H12N4S2. The maximum Gasteiger partial charge on any atom is 0.184 e. The summed E-state index contributed by atoms with van der Waals surface area (Å²) in [5.74, 6) is 0. The number of nitrogens with one attached hydrogen (secondary N) is 2. The average molecular weight is 300 g/mol. The van der Waals surface area contributed by atoms with Gasteiger partial charge >= 0.3 is 0 Å². The van der Waals surface area contributed by atoms with Crippen molar-refractivity contribution >= 4 is 40.6 Å². The van der Waals surface area contributed by atoms with Crippen LogP contribution in [0.25, 0.3) is 11.0 Å². The minimum atomic E-state index is 0.580. The number of H-pyrrole nitrogens is 1. The molecule has 0 saturated heterocycles. The largest absolute Gasteiger partial charge is 0.358 e. The Morgan fingerprint density at radius 3 is 2.90 bits per heavy atom. The number of hydrogen-bond acceptors (Lipinski definition) is 3. The second-order valence-corrected chi connectivity index (χ2v) is 5.08. The summed E-state index contributed by atoms with van der Waals surface area (Å²) in [5, 5.41) is 3.78. The summed E-state index contributed by atoms with van der Waals surface area (Å²) < 4.78 is 2.42. The van der Waals surface area contributed by atoms with Gasteiger partial charge in [0.1, 0.15) is 0 Å². The van der Waals surface area contributed by atoms with Gasteiger partial charge in [-0.25, -0.2) is 0 Å². The zero-order chi connectivity index (χ0) is 13.9. The molecule has 0 aliphatic carbocycles. The Hall–Kier alpha value is -2.05. The number of aromatic amines is 1. The maximum absolute atomic E-state index is 5.43. The van der Waals surface area contributed by atoms with E-state index in [0.717, 1.165) is 16.6 Å². The highest BCUT2D eigenvalue weighted by Gasteiger charge is 2.07. The molecule has 0 bridgehead atoms. The monoisotopic (exact) mass is 300 g/mol. The zero-order valence-electron chi connectivity index (χ0n) is 10.5. The standard InChI is InChI=1S/C14H12N4S2/c19-13(16-9-10-4-3-7-15-8-10)18-12-6-2-1-5-11(12)17-14(18)20/h1-8H,9H2,(H,16,19)(H,17,20). The van der Waals surface area contributed by atoms with Gasteiger partial charge in [-0.2, -0.15) is 0 Å². The van der Waals surface area contributed by atoms with Crippen molar-refractivity contribution in [3.8, 4) is 0 Å². The molecule has 0 fully saturated rings. The van der Waals surface area contributed by atoms with Crippen LogP contribution in [-0.4, -0.2) is 19.6 Å². The molecule has 2 aromatic heterocycles. The van der Waals surface area contributed by atoms with E-state index in [4.69, 9.17) is 24.4 Å². The van der Waals surface area contributed by atoms with Gasteiger partial charge < -0.3 is 10.3 Å². The van der Waals surface area contributed by atoms with Crippen LogP contribution in [0.5, 0.6) is 0 Å². The van der Waals surface area contributed by atoms with Crippen molar-refractivity contribution in [3.63, 3.8) is 0 Å². The lowest BCUT2D eigenvalue weighted by molar-refractivity contribution is 0.882. The Kier molecular flexibility index (Phi) is 3.58. The van der Waals surface area contributed by atoms with E-state index in [1.54, 1.807) is 6.20 Å². The van der Waals surface area contributed by atoms with Gasteiger partial charge in [0.2, 0.25) is 0 Å². The summed E-state index contributed by atoms with van der Waals surface area (Å²) >= 11 is 10.8. The number of fused-ring (bicyclic) bond motifs is 1. The van der Waals surface area contributed by atoms with Crippen LogP contribution >= 0.6 is 24.4 Å². The number of hydrogen-bond donors (Lipinski definition) is 2. The molecular weight excluding hydrogens is 288 g/mol. The number of aromatic nitrogens is 3. The lowest BCUT2D eigenvalue weighted by atomic mass is 10.3. The number of para-hydroxylation sites is 2. The molecule has 0 radical (unpaired) electrons. The van der Waals surface area contributed by atoms with Gasteiger partial charge in [-0.05, 0) is 48.2 Å². The molecule has 2 heterocycles. The lowest BCUT2D eigenvalue weighted by Crippen LogP contribution is -2.27. The van der Waals surface area contributed by atoms with E-state index in [2.05, 4.69) is 15.3 Å². The molecule has 20 heavy (non-hydrogen) atoms. The van der Waals surface area contributed by atoms with Crippen molar-refractivity contribution in [3.05, 3.63) is 59.1 Å². The molecule has 0 aliphatic heterocycles. The molecule has 0 saturated carbocycles. The molecule has 6 heteroatoms.